The quantitative estimate of drug-likeness (QED) is 0.253. The number of benzene rings is 3. The van der Waals surface area contributed by atoms with Crippen LogP contribution in [0.4, 0.5) is 5.69 Å². The van der Waals surface area contributed by atoms with Crippen LogP contribution in [0.2, 0.25) is 0 Å². The van der Waals surface area contributed by atoms with E-state index in [0.29, 0.717) is 28.8 Å². The third-order valence-corrected chi connectivity index (χ3v) is 6.59. The number of rotatable bonds is 9. The van der Waals surface area contributed by atoms with Gasteiger partial charge in [-0.1, -0.05) is 36.4 Å². The average molecular weight is 498 g/mol. The van der Waals surface area contributed by atoms with E-state index in [0.717, 1.165) is 5.56 Å². The zero-order valence-electron chi connectivity index (χ0n) is 19.7. The number of nitrogens with zero attached hydrogens (tertiary/aromatic N) is 4. The lowest BCUT2D eigenvalue weighted by molar-refractivity contribution is -0.384. The number of carbonyl (C=O) groups is 4. The summed E-state index contributed by atoms with van der Waals surface area (Å²) < 4.78 is 0. The molecule has 0 bridgehead atoms. The molecule has 0 aromatic heterocycles. The molecule has 10 nitrogen and oxygen atoms in total. The third kappa shape index (κ3) is 4.50. The van der Waals surface area contributed by atoms with Crippen molar-refractivity contribution in [3.05, 3.63) is 111 Å². The highest BCUT2D eigenvalue weighted by Gasteiger charge is 2.36. The standard InChI is InChI=1S/C27H22N4O6/c32-24-20-5-1-2-6-21(20)25(33)29(24)15-13-28(17-18-9-11-19(12-10-18)31(36)37)14-16-30-26(34)22-7-3-4-8-23(22)27(30)35/h1-12H,13-17H2. The van der Waals surface area contributed by atoms with Gasteiger partial charge in [-0.2, -0.15) is 0 Å². The van der Waals surface area contributed by atoms with E-state index in [1.54, 1.807) is 60.7 Å². The Kier molecular flexibility index (Phi) is 6.33. The van der Waals surface area contributed by atoms with Crippen molar-refractivity contribution >= 4 is 29.3 Å². The summed E-state index contributed by atoms with van der Waals surface area (Å²) in [4.78, 5) is 65.9. The molecule has 4 amide bonds. The van der Waals surface area contributed by atoms with Crippen molar-refractivity contribution in [3.63, 3.8) is 0 Å². The predicted molar refractivity (Wildman–Crippen MR) is 132 cm³/mol. The molecule has 0 saturated carbocycles. The molecule has 2 aliphatic rings. The van der Waals surface area contributed by atoms with Gasteiger partial charge in [0.2, 0.25) is 0 Å². The summed E-state index contributed by atoms with van der Waals surface area (Å²) >= 11 is 0. The van der Waals surface area contributed by atoms with E-state index in [-0.39, 0.29) is 55.5 Å². The molecule has 3 aromatic rings. The van der Waals surface area contributed by atoms with Crippen molar-refractivity contribution in [2.45, 2.75) is 6.54 Å². The maximum Gasteiger partial charge on any atom is 0.269 e. The topological polar surface area (TPSA) is 121 Å². The molecule has 0 N–H and O–H groups in total. The molecule has 0 fully saturated rings. The van der Waals surface area contributed by atoms with Gasteiger partial charge in [-0.05, 0) is 29.8 Å². The first kappa shape index (κ1) is 24.0. The Labute approximate surface area is 211 Å². The van der Waals surface area contributed by atoms with Gasteiger partial charge in [0.15, 0.2) is 0 Å². The molecule has 37 heavy (non-hydrogen) atoms. The lowest BCUT2D eigenvalue weighted by atomic mass is 10.1. The van der Waals surface area contributed by atoms with E-state index in [4.69, 9.17) is 0 Å². The Bertz CT molecular complexity index is 1290. The summed E-state index contributed by atoms with van der Waals surface area (Å²) in [6.45, 7) is 1.13. The molecule has 2 aliphatic heterocycles. The van der Waals surface area contributed by atoms with Crippen molar-refractivity contribution in [2.24, 2.45) is 0 Å². The first-order chi connectivity index (χ1) is 17.8. The van der Waals surface area contributed by atoms with Crippen molar-refractivity contribution in [2.75, 3.05) is 26.2 Å². The van der Waals surface area contributed by atoms with Gasteiger partial charge in [-0.3, -0.25) is 44.0 Å². The molecule has 0 spiro atoms. The van der Waals surface area contributed by atoms with Gasteiger partial charge < -0.3 is 0 Å². The van der Waals surface area contributed by atoms with Crippen molar-refractivity contribution in [1.82, 2.24) is 14.7 Å². The fourth-order valence-electron chi connectivity index (χ4n) is 4.62. The minimum absolute atomic E-state index is 0.0349. The smallest absolute Gasteiger partial charge is 0.269 e. The van der Waals surface area contributed by atoms with Gasteiger partial charge in [-0.25, -0.2) is 0 Å². The number of carbonyl (C=O) groups excluding carboxylic acids is 4. The average Bonchev–Trinajstić information content (AvgIpc) is 3.30. The molecule has 0 saturated heterocycles. The van der Waals surface area contributed by atoms with Gasteiger partial charge in [0.25, 0.3) is 29.3 Å². The Balaban J connectivity index is 1.31. The Morgan fingerprint density at radius 1 is 0.622 bits per heavy atom. The van der Waals surface area contributed by atoms with Crippen LogP contribution >= 0.6 is 0 Å². The van der Waals surface area contributed by atoms with Gasteiger partial charge in [0, 0.05) is 44.9 Å². The monoisotopic (exact) mass is 498 g/mol. The second kappa shape index (κ2) is 9.75. The van der Waals surface area contributed by atoms with E-state index < -0.39 is 4.92 Å². The maximum absolute atomic E-state index is 12.8. The van der Waals surface area contributed by atoms with E-state index in [9.17, 15) is 29.3 Å². The summed E-state index contributed by atoms with van der Waals surface area (Å²) in [6.07, 6.45) is 0. The molecule has 5 rings (SSSR count). The van der Waals surface area contributed by atoms with Crippen LogP contribution in [0.15, 0.2) is 72.8 Å². The Morgan fingerprint density at radius 3 is 1.35 bits per heavy atom. The summed E-state index contributed by atoms with van der Waals surface area (Å²) in [5.74, 6) is -1.46. The van der Waals surface area contributed by atoms with Crippen LogP contribution < -0.4 is 0 Å². The molecular formula is C27H22N4O6. The molecule has 186 valence electrons. The summed E-state index contributed by atoms with van der Waals surface area (Å²) in [5, 5.41) is 11.0. The number of nitro groups is 1. The molecular weight excluding hydrogens is 476 g/mol. The molecule has 3 aromatic carbocycles. The van der Waals surface area contributed by atoms with Crippen LogP contribution in [0.1, 0.15) is 47.0 Å². The lowest BCUT2D eigenvalue weighted by Crippen LogP contribution is -2.42. The first-order valence-corrected chi connectivity index (χ1v) is 11.7. The van der Waals surface area contributed by atoms with E-state index >= 15 is 0 Å². The number of hydrogen-bond donors (Lipinski definition) is 0. The molecule has 0 atom stereocenters. The fraction of sp³-hybridized carbons (Fsp3) is 0.185. The van der Waals surface area contributed by atoms with Crippen molar-refractivity contribution in [1.29, 1.82) is 0 Å². The van der Waals surface area contributed by atoms with Crippen molar-refractivity contribution < 1.29 is 24.1 Å². The van der Waals surface area contributed by atoms with Crippen LogP contribution in [0.25, 0.3) is 0 Å². The second-order valence-corrected chi connectivity index (χ2v) is 8.81. The summed E-state index contributed by atoms with van der Waals surface area (Å²) in [6, 6.07) is 19.4. The van der Waals surface area contributed by atoms with Crippen LogP contribution in [-0.2, 0) is 6.54 Å². The highest BCUT2D eigenvalue weighted by Crippen LogP contribution is 2.24. The van der Waals surface area contributed by atoms with Gasteiger partial charge in [0.1, 0.15) is 0 Å². The third-order valence-electron chi connectivity index (χ3n) is 6.59. The fourth-order valence-corrected chi connectivity index (χ4v) is 4.62. The number of hydrogen-bond acceptors (Lipinski definition) is 7. The number of non-ortho nitro benzene ring substituents is 1. The predicted octanol–water partition coefficient (Wildman–Crippen LogP) is 2.99. The molecule has 0 radical (unpaired) electrons. The van der Waals surface area contributed by atoms with Crippen LogP contribution in [0, 0.1) is 10.1 Å². The molecule has 10 heteroatoms. The van der Waals surface area contributed by atoms with E-state index in [1.807, 2.05) is 4.90 Å². The van der Waals surface area contributed by atoms with Gasteiger partial charge >= 0.3 is 0 Å². The van der Waals surface area contributed by atoms with E-state index in [1.165, 1.54) is 21.9 Å². The summed E-state index contributed by atoms with van der Waals surface area (Å²) in [5.41, 5.74) is 2.18. The van der Waals surface area contributed by atoms with Crippen LogP contribution in [-0.4, -0.2) is 69.4 Å². The highest BCUT2D eigenvalue weighted by molar-refractivity contribution is 6.22. The van der Waals surface area contributed by atoms with E-state index in [2.05, 4.69) is 0 Å². The summed E-state index contributed by atoms with van der Waals surface area (Å²) in [7, 11) is 0. The Hall–Kier alpha value is -4.70. The molecule has 0 unspecified atom stereocenters. The van der Waals surface area contributed by atoms with Crippen molar-refractivity contribution in [3.8, 4) is 0 Å². The van der Waals surface area contributed by atoms with Crippen LogP contribution in [0.5, 0.6) is 0 Å². The number of imide groups is 2. The second-order valence-electron chi connectivity index (χ2n) is 8.81. The number of amides is 4. The minimum atomic E-state index is -0.480. The highest BCUT2D eigenvalue weighted by atomic mass is 16.6. The SMILES string of the molecule is O=C1c2ccccc2C(=O)N1CCN(CCN1C(=O)c2ccccc2C1=O)Cc1ccc([N+](=O)[O-])cc1. The zero-order valence-corrected chi connectivity index (χ0v) is 19.7. The molecule has 0 aliphatic carbocycles. The number of fused-ring (bicyclic) bond motifs is 2. The van der Waals surface area contributed by atoms with Gasteiger partial charge in [0.05, 0.1) is 27.2 Å². The van der Waals surface area contributed by atoms with Crippen LogP contribution in [0.3, 0.4) is 0 Å². The normalized spacial score (nSPS) is 14.5. The first-order valence-electron chi connectivity index (χ1n) is 11.7. The maximum atomic E-state index is 12.8. The molecule has 2 heterocycles. The lowest BCUT2D eigenvalue weighted by Gasteiger charge is -2.26. The zero-order chi connectivity index (χ0) is 26.1. The largest absolute Gasteiger partial charge is 0.296 e. The Morgan fingerprint density at radius 2 is 1.00 bits per heavy atom. The minimum Gasteiger partial charge on any atom is -0.296 e. The van der Waals surface area contributed by atoms with Gasteiger partial charge in [-0.15, -0.1) is 0 Å². The number of nitro benzene ring substituents is 1.